The zero-order chi connectivity index (χ0) is 21.9. The van der Waals surface area contributed by atoms with Gasteiger partial charge in [0.15, 0.2) is 11.5 Å². The van der Waals surface area contributed by atoms with Crippen LogP contribution in [0.5, 0.6) is 0 Å². The van der Waals surface area contributed by atoms with Gasteiger partial charge in [0.2, 0.25) is 0 Å². The van der Waals surface area contributed by atoms with Gasteiger partial charge in [0, 0.05) is 26.3 Å². The first-order chi connectivity index (χ1) is 14.1. The quantitative estimate of drug-likeness (QED) is 0.748. The lowest BCUT2D eigenvalue weighted by Crippen LogP contribution is -2.41. The van der Waals surface area contributed by atoms with Crippen LogP contribution in [0.3, 0.4) is 0 Å². The number of ether oxygens (including phenoxy) is 1. The number of carbonyl (C=O) groups is 1. The summed E-state index contributed by atoms with van der Waals surface area (Å²) in [5, 5.41) is 16.6. The zero-order valence-corrected chi connectivity index (χ0v) is 18.2. The summed E-state index contributed by atoms with van der Waals surface area (Å²) in [6.45, 7) is 9.31. The highest BCUT2D eigenvalue weighted by molar-refractivity contribution is 5.70. The van der Waals surface area contributed by atoms with Crippen LogP contribution < -0.4 is 10.2 Å². The number of rotatable bonds is 5. The average molecular weight is 412 g/mol. The summed E-state index contributed by atoms with van der Waals surface area (Å²) in [6.07, 6.45) is 6.42. The normalized spacial score (nSPS) is 19.3. The maximum Gasteiger partial charge on any atom is 0.306 e. The Bertz CT molecular complexity index is 942. The van der Waals surface area contributed by atoms with Gasteiger partial charge in [-0.25, -0.2) is 9.97 Å². The topological polar surface area (TPSA) is 109 Å². The molecule has 3 heterocycles. The number of nitriles is 1. The van der Waals surface area contributed by atoms with Gasteiger partial charge in [-0.05, 0) is 39.0 Å². The minimum Gasteiger partial charge on any atom is -0.460 e. The number of nitrogens with zero attached hydrogens (tertiary/aromatic N) is 6. The van der Waals surface area contributed by atoms with Crippen LogP contribution >= 0.6 is 0 Å². The standard InChI is InChI=1S/C21H29N7O2/c1-14-6-15(7-19(29)30-21(2,3)4)12-28(11-14)18-10-23-17(8-22)20(26-18)25-16-9-24-27(5)13-16/h9-10,13-15H,6-7,11-12H2,1-5H3,(H,25,26). The molecule has 2 unspecified atom stereocenters. The van der Waals surface area contributed by atoms with E-state index < -0.39 is 5.60 Å². The first kappa shape index (κ1) is 21.6. The molecule has 2 aromatic rings. The summed E-state index contributed by atoms with van der Waals surface area (Å²) in [5.41, 5.74) is 0.468. The lowest BCUT2D eigenvalue weighted by atomic mass is 9.88. The van der Waals surface area contributed by atoms with Crippen molar-refractivity contribution in [1.82, 2.24) is 19.7 Å². The highest BCUT2D eigenvalue weighted by atomic mass is 16.6. The van der Waals surface area contributed by atoms with Gasteiger partial charge in [-0.3, -0.25) is 9.48 Å². The van der Waals surface area contributed by atoms with Crippen LogP contribution in [-0.2, 0) is 16.6 Å². The van der Waals surface area contributed by atoms with Crippen molar-refractivity contribution >= 4 is 23.3 Å². The van der Waals surface area contributed by atoms with E-state index in [-0.39, 0.29) is 17.6 Å². The molecule has 0 amide bonds. The molecule has 9 nitrogen and oxygen atoms in total. The molecule has 0 bridgehead atoms. The molecule has 0 aliphatic carbocycles. The van der Waals surface area contributed by atoms with Gasteiger partial charge in [-0.1, -0.05) is 6.92 Å². The Morgan fingerprint density at radius 2 is 2.13 bits per heavy atom. The average Bonchev–Trinajstić information content (AvgIpc) is 3.04. The van der Waals surface area contributed by atoms with Crippen LogP contribution in [-0.4, -0.2) is 44.4 Å². The Morgan fingerprint density at radius 3 is 2.77 bits per heavy atom. The number of esters is 1. The Balaban J connectivity index is 1.76. The van der Waals surface area contributed by atoms with Crippen molar-refractivity contribution in [1.29, 1.82) is 5.26 Å². The predicted molar refractivity (Wildman–Crippen MR) is 113 cm³/mol. The molecule has 0 aromatic carbocycles. The molecule has 0 spiro atoms. The highest BCUT2D eigenvalue weighted by Gasteiger charge is 2.29. The van der Waals surface area contributed by atoms with Crippen molar-refractivity contribution in [2.75, 3.05) is 23.3 Å². The van der Waals surface area contributed by atoms with Crippen molar-refractivity contribution in [3.8, 4) is 6.07 Å². The van der Waals surface area contributed by atoms with Gasteiger partial charge in [-0.15, -0.1) is 0 Å². The Kier molecular flexibility index (Phi) is 6.25. The maximum atomic E-state index is 12.3. The molecular weight excluding hydrogens is 382 g/mol. The second kappa shape index (κ2) is 8.69. The lowest BCUT2D eigenvalue weighted by molar-refractivity contribution is -0.156. The number of nitrogens with one attached hydrogen (secondary N) is 1. The van der Waals surface area contributed by atoms with E-state index in [9.17, 15) is 10.1 Å². The largest absolute Gasteiger partial charge is 0.460 e. The number of piperidine rings is 1. The van der Waals surface area contributed by atoms with E-state index in [1.807, 2.05) is 27.8 Å². The van der Waals surface area contributed by atoms with Gasteiger partial charge in [0.05, 0.1) is 24.5 Å². The molecule has 2 atom stereocenters. The first-order valence-corrected chi connectivity index (χ1v) is 10.1. The number of hydrogen-bond acceptors (Lipinski definition) is 8. The summed E-state index contributed by atoms with van der Waals surface area (Å²) in [4.78, 5) is 23.4. The third-order valence-corrected chi connectivity index (χ3v) is 4.78. The van der Waals surface area contributed by atoms with Gasteiger partial charge in [0.25, 0.3) is 0 Å². The van der Waals surface area contributed by atoms with E-state index in [0.29, 0.717) is 30.5 Å². The molecule has 160 valence electrons. The van der Waals surface area contributed by atoms with Crippen molar-refractivity contribution in [2.45, 2.75) is 46.1 Å². The number of carbonyl (C=O) groups excluding carboxylic acids is 1. The van der Waals surface area contributed by atoms with Crippen LogP contribution in [0.1, 0.15) is 46.2 Å². The van der Waals surface area contributed by atoms with Crippen LogP contribution in [0.25, 0.3) is 0 Å². The number of anilines is 3. The summed E-state index contributed by atoms with van der Waals surface area (Å²) in [6, 6.07) is 2.08. The monoisotopic (exact) mass is 411 g/mol. The Hall–Kier alpha value is -3.15. The minimum absolute atomic E-state index is 0.175. The summed E-state index contributed by atoms with van der Waals surface area (Å²) < 4.78 is 7.16. The van der Waals surface area contributed by atoms with E-state index in [0.717, 1.165) is 18.7 Å². The first-order valence-electron chi connectivity index (χ1n) is 10.1. The smallest absolute Gasteiger partial charge is 0.306 e. The molecule has 0 saturated carbocycles. The van der Waals surface area contributed by atoms with E-state index in [1.54, 1.807) is 23.3 Å². The third-order valence-electron chi connectivity index (χ3n) is 4.78. The maximum absolute atomic E-state index is 12.3. The highest BCUT2D eigenvalue weighted by Crippen LogP contribution is 2.29. The molecule has 1 saturated heterocycles. The Morgan fingerprint density at radius 1 is 1.37 bits per heavy atom. The molecule has 0 radical (unpaired) electrons. The molecule has 1 aliphatic rings. The SMILES string of the molecule is CC1CC(CC(=O)OC(C)(C)C)CN(c2cnc(C#N)c(Nc3cnn(C)c3)n2)C1. The zero-order valence-electron chi connectivity index (χ0n) is 18.2. The van der Waals surface area contributed by atoms with Crippen molar-refractivity contribution in [3.63, 3.8) is 0 Å². The Labute approximate surface area is 177 Å². The molecular formula is C21H29N7O2. The number of hydrogen-bond donors (Lipinski definition) is 1. The van der Waals surface area contributed by atoms with Gasteiger partial charge >= 0.3 is 5.97 Å². The predicted octanol–water partition coefficient (Wildman–Crippen LogP) is 3.02. The van der Waals surface area contributed by atoms with E-state index in [4.69, 9.17) is 4.74 Å². The lowest BCUT2D eigenvalue weighted by Gasteiger charge is -2.37. The number of aromatic nitrogens is 4. The fourth-order valence-electron chi connectivity index (χ4n) is 3.76. The summed E-state index contributed by atoms with van der Waals surface area (Å²) >= 11 is 0. The second-order valence-corrected chi connectivity index (χ2v) is 8.97. The third kappa shape index (κ3) is 5.69. The van der Waals surface area contributed by atoms with E-state index >= 15 is 0 Å². The molecule has 1 fully saturated rings. The van der Waals surface area contributed by atoms with Crippen molar-refractivity contribution in [3.05, 3.63) is 24.3 Å². The van der Waals surface area contributed by atoms with Crippen LogP contribution in [0.15, 0.2) is 18.6 Å². The van der Waals surface area contributed by atoms with E-state index in [2.05, 4.69) is 38.3 Å². The summed E-state index contributed by atoms with van der Waals surface area (Å²) in [7, 11) is 1.82. The van der Waals surface area contributed by atoms with Gasteiger partial charge in [0.1, 0.15) is 17.5 Å². The second-order valence-electron chi connectivity index (χ2n) is 8.97. The van der Waals surface area contributed by atoms with E-state index in [1.165, 1.54) is 0 Å². The van der Waals surface area contributed by atoms with Gasteiger partial charge in [-0.2, -0.15) is 10.4 Å². The molecule has 3 rings (SSSR count). The van der Waals surface area contributed by atoms with Crippen LogP contribution in [0.2, 0.25) is 0 Å². The van der Waals surface area contributed by atoms with Crippen molar-refractivity contribution < 1.29 is 9.53 Å². The van der Waals surface area contributed by atoms with Crippen LogP contribution in [0, 0.1) is 23.2 Å². The minimum atomic E-state index is -0.484. The van der Waals surface area contributed by atoms with Crippen LogP contribution in [0.4, 0.5) is 17.3 Å². The molecule has 1 aliphatic heterocycles. The van der Waals surface area contributed by atoms with Crippen molar-refractivity contribution in [2.24, 2.45) is 18.9 Å². The molecule has 9 heteroatoms. The molecule has 30 heavy (non-hydrogen) atoms. The summed E-state index contributed by atoms with van der Waals surface area (Å²) in [5.74, 6) is 1.48. The molecule has 1 N–H and O–H groups in total. The molecule has 2 aromatic heterocycles. The fraction of sp³-hybridized carbons (Fsp3) is 0.571. The number of aryl methyl sites for hydroxylation is 1. The van der Waals surface area contributed by atoms with Gasteiger partial charge < -0.3 is 15.0 Å². The fourth-order valence-corrected chi connectivity index (χ4v) is 3.76.